The first kappa shape index (κ1) is 19.0. The van der Waals surface area contributed by atoms with Crippen molar-refractivity contribution >= 4 is 29.3 Å². The first-order valence-electron chi connectivity index (χ1n) is 9.05. The quantitative estimate of drug-likeness (QED) is 0.748. The molecule has 0 saturated carbocycles. The Kier molecular flexibility index (Phi) is 6.16. The van der Waals surface area contributed by atoms with E-state index in [4.69, 9.17) is 16.9 Å². The van der Waals surface area contributed by atoms with E-state index < -0.39 is 0 Å². The summed E-state index contributed by atoms with van der Waals surface area (Å²) in [4.78, 5) is 16.7. The molecular weight excluding hydrogens is 358 g/mol. The van der Waals surface area contributed by atoms with Crippen LogP contribution in [0.4, 0.5) is 5.69 Å². The first-order chi connectivity index (χ1) is 13.1. The van der Waals surface area contributed by atoms with Gasteiger partial charge in [0.15, 0.2) is 0 Å². The molecule has 3 rings (SSSR count). The van der Waals surface area contributed by atoms with Crippen molar-refractivity contribution in [1.29, 1.82) is 5.26 Å². The lowest BCUT2D eigenvalue weighted by Crippen LogP contribution is -2.34. The molecule has 138 valence electrons. The van der Waals surface area contributed by atoms with E-state index in [1.54, 1.807) is 6.08 Å². The van der Waals surface area contributed by atoms with Crippen LogP contribution in [0, 0.1) is 18.3 Å². The standard InChI is InChI=1S/C22H22ClN3O/c1-17-3-4-18(15-21(17)23)7-10-22(27)26-12-2-11-25(13-14-26)20-8-5-19(16-24)6-9-20/h3-10,15H,2,11-14H2,1H3/b10-7+. The van der Waals surface area contributed by atoms with E-state index in [2.05, 4.69) is 11.0 Å². The smallest absolute Gasteiger partial charge is 0.246 e. The second-order valence-electron chi connectivity index (χ2n) is 6.67. The highest BCUT2D eigenvalue weighted by molar-refractivity contribution is 6.31. The van der Waals surface area contributed by atoms with Crippen LogP contribution < -0.4 is 4.90 Å². The van der Waals surface area contributed by atoms with E-state index in [0.29, 0.717) is 17.1 Å². The molecule has 5 heteroatoms. The number of nitrogens with zero attached hydrogens (tertiary/aromatic N) is 3. The van der Waals surface area contributed by atoms with Gasteiger partial charge in [0.25, 0.3) is 0 Å². The van der Waals surface area contributed by atoms with Gasteiger partial charge >= 0.3 is 0 Å². The summed E-state index contributed by atoms with van der Waals surface area (Å²) in [5.74, 6) is 0.0216. The van der Waals surface area contributed by atoms with E-state index in [-0.39, 0.29) is 5.91 Å². The van der Waals surface area contributed by atoms with E-state index in [0.717, 1.165) is 42.9 Å². The minimum absolute atomic E-state index is 0.0216. The van der Waals surface area contributed by atoms with Gasteiger partial charge in [-0.25, -0.2) is 0 Å². The van der Waals surface area contributed by atoms with Gasteiger partial charge in [-0.15, -0.1) is 0 Å². The highest BCUT2D eigenvalue weighted by atomic mass is 35.5. The summed E-state index contributed by atoms with van der Waals surface area (Å²) in [6, 6.07) is 15.5. The molecule has 0 aromatic heterocycles. The summed E-state index contributed by atoms with van der Waals surface area (Å²) in [7, 11) is 0. The summed E-state index contributed by atoms with van der Waals surface area (Å²) in [6.45, 7) is 5.05. The number of benzene rings is 2. The molecule has 1 aliphatic heterocycles. The predicted molar refractivity (Wildman–Crippen MR) is 110 cm³/mol. The van der Waals surface area contributed by atoms with Crippen molar-refractivity contribution in [2.45, 2.75) is 13.3 Å². The number of halogens is 1. The maximum Gasteiger partial charge on any atom is 0.246 e. The molecule has 1 amide bonds. The number of nitriles is 1. The highest BCUT2D eigenvalue weighted by Crippen LogP contribution is 2.19. The molecular formula is C22H22ClN3O. The van der Waals surface area contributed by atoms with Crippen LogP contribution in [0.15, 0.2) is 48.5 Å². The zero-order chi connectivity index (χ0) is 19.2. The molecule has 0 aliphatic carbocycles. The van der Waals surface area contributed by atoms with Crippen LogP contribution >= 0.6 is 11.6 Å². The molecule has 1 saturated heterocycles. The topological polar surface area (TPSA) is 47.3 Å². The second kappa shape index (κ2) is 8.75. The molecule has 1 fully saturated rings. The summed E-state index contributed by atoms with van der Waals surface area (Å²) < 4.78 is 0. The molecule has 1 heterocycles. The third-order valence-electron chi connectivity index (χ3n) is 4.78. The van der Waals surface area contributed by atoms with Crippen molar-refractivity contribution in [3.63, 3.8) is 0 Å². The summed E-state index contributed by atoms with van der Waals surface area (Å²) in [5.41, 5.74) is 3.70. The lowest BCUT2D eigenvalue weighted by molar-refractivity contribution is -0.125. The lowest BCUT2D eigenvalue weighted by atomic mass is 10.1. The van der Waals surface area contributed by atoms with Gasteiger partial charge in [0, 0.05) is 43.0 Å². The number of anilines is 1. The molecule has 0 unspecified atom stereocenters. The number of hydrogen-bond acceptors (Lipinski definition) is 3. The van der Waals surface area contributed by atoms with Crippen LogP contribution in [0.25, 0.3) is 6.08 Å². The Balaban J connectivity index is 1.61. The number of rotatable bonds is 3. The van der Waals surface area contributed by atoms with Crippen molar-refractivity contribution < 1.29 is 4.79 Å². The number of amides is 1. The Hall–Kier alpha value is -2.77. The van der Waals surface area contributed by atoms with Crippen LogP contribution in [-0.2, 0) is 4.79 Å². The van der Waals surface area contributed by atoms with Crippen molar-refractivity contribution in [2.75, 3.05) is 31.1 Å². The molecule has 27 heavy (non-hydrogen) atoms. The maximum atomic E-state index is 12.6. The van der Waals surface area contributed by atoms with Crippen LogP contribution in [0.3, 0.4) is 0 Å². The monoisotopic (exact) mass is 379 g/mol. The van der Waals surface area contributed by atoms with E-state index in [1.165, 1.54) is 0 Å². The average molecular weight is 380 g/mol. The zero-order valence-electron chi connectivity index (χ0n) is 15.4. The molecule has 0 spiro atoms. The van der Waals surface area contributed by atoms with Gasteiger partial charge in [0.1, 0.15) is 0 Å². The van der Waals surface area contributed by atoms with Crippen molar-refractivity contribution in [3.05, 3.63) is 70.3 Å². The Morgan fingerprint density at radius 1 is 1.11 bits per heavy atom. The zero-order valence-corrected chi connectivity index (χ0v) is 16.1. The second-order valence-corrected chi connectivity index (χ2v) is 7.07. The maximum absolute atomic E-state index is 12.6. The lowest BCUT2D eigenvalue weighted by Gasteiger charge is -2.23. The van der Waals surface area contributed by atoms with Crippen molar-refractivity contribution in [1.82, 2.24) is 4.90 Å². The number of carbonyl (C=O) groups excluding carboxylic acids is 1. The van der Waals surface area contributed by atoms with E-state index in [1.807, 2.05) is 60.4 Å². The molecule has 0 bridgehead atoms. The molecule has 2 aromatic rings. The largest absolute Gasteiger partial charge is 0.370 e. The van der Waals surface area contributed by atoms with Crippen LogP contribution in [0.5, 0.6) is 0 Å². The van der Waals surface area contributed by atoms with Gasteiger partial charge < -0.3 is 9.80 Å². The Bertz CT molecular complexity index is 883. The van der Waals surface area contributed by atoms with Gasteiger partial charge in [-0.3, -0.25) is 4.79 Å². The van der Waals surface area contributed by atoms with E-state index in [9.17, 15) is 4.79 Å². The highest BCUT2D eigenvalue weighted by Gasteiger charge is 2.17. The SMILES string of the molecule is Cc1ccc(/C=C/C(=O)N2CCCN(c3ccc(C#N)cc3)CC2)cc1Cl. The first-order valence-corrected chi connectivity index (χ1v) is 9.43. The van der Waals surface area contributed by atoms with Gasteiger partial charge in [-0.05, 0) is 60.9 Å². The fourth-order valence-electron chi connectivity index (χ4n) is 3.13. The molecule has 0 N–H and O–H groups in total. The fourth-order valence-corrected chi connectivity index (χ4v) is 3.32. The molecule has 0 radical (unpaired) electrons. The molecule has 0 atom stereocenters. The number of hydrogen-bond donors (Lipinski definition) is 0. The van der Waals surface area contributed by atoms with Gasteiger partial charge in [0.2, 0.25) is 5.91 Å². The Labute approximate surface area is 165 Å². The summed E-state index contributed by atoms with van der Waals surface area (Å²) >= 11 is 6.14. The van der Waals surface area contributed by atoms with Gasteiger partial charge in [-0.2, -0.15) is 5.26 Å². The van der Waals surface area contributed by atoms with Crippen LogP contribution in [0.1, 0.15) is 23.1 Å². The fraction of sp³-hybridized carbons (Fsp3) is 0.273. The van der Waals surface area contributed by atoms with Crippen molar-refractivity contribution in [3.8, 4) is 6.07 Å². The van der Waals surface area contributed by atoms with Crippen molar-refractivity contribution in [2.24, 2.45) is 0 Å². The molecule has 1 aliphatic rings. The van der Waals surface area contributed by atoms with E-state index >= 15 is 0 Å². The summed E-state index contributed by atoms with van der Waals surface area (Å²) in [5, 5.41) is 9.63. The van der Waals surface area contributed by atoms with Crippen LogP contribution in [-0.4, -0.2) is 37.0 Å². The van der Waals surface area contributed by atoms with Gasteiger partial charge in [-0.1, -0.05) is 23.7 Å². The average Bonchev–Trinajstić information content (AvgIpc) is 2.95. The normalized spacial score (nSPS) is 14.9. The number of aryl methyl sites for hydroxylation is 1. The third kappa shape index (κ3) is 4.90. The number of carbonyl (C=O) groups is 1. The third-order valence-corrected chi connectivity index (χ3v) is 5.19. The molecule has 4 nitrogen and oxygen atoms in total. The molecule has 2 aromatic carbocycles. The Morgan fingerprint density at radius 2 is 1.89 bits per heavy atom. The van der Waals surface area contributed by atoms with Crippen LogP contribution in [0.2, 0.25) is 5.02 Å². The minimum atomic E-state index is 0.0216. The predicted octanol–water partition coefficient (Wildman–Crippen LogP) is 4.27. The Morgan fingerprint density at radius 3 is 2.59 bits per heavy atom. The minimum Gasteiger partial charge on any atom is -0.370 e. The summed E-state index contributed by atoms with van der Waals surface area (Å²) in [6.07, 6.45) is 4.35. The van der Waals surface area contributed by atoms with Gasteiger partial charge in [0.05, 0.1) is 11.6 Å².